The fraction of sp³-hybridized carbons (Fsp3) is 0.833. The van der Waals surface area contributed by atoms with E-state index in [2.05, 4.69) is 10.6 Å². The van der Waals surface area contributed by atoms with E-state index in [1.165, 1.54) is 0 Å². The molecular formula is C18H34N4O4. The molecule has 4 amide bonds. The van der Waals surface area contributed by atoms with E-state index in [0.717, 1.165) is 12.8 Å². The van der Waals surface area contributed by atoms with Gasteiger partial charge in [-0.3, -0.25) is 4.79 Å². The zero-order chi connectivity index (χ0) is 19.7. The van der Waals surface area contributed by atoms with Gasteiger partial charge in [-0.25, -0.2) is 9.59 Å². The van der Waals surface area contributed by atoms with E-state index in [1.54, 1.807) is 30.6 Å². The molecule has 0 spiro atoms. The zero-order valence-corrected chi connectivity index (χ0v) is 16.8. The van der Waals surface area contributed by atoms with Gasteiger partial charge in [-0.05, 0) is 47.5 Å². The first kappa shape index (κ1) is 22.1. The van der Waals surface area contributed by atoms with Crippen molar-refractivity contribution in [3.8, 4) is 0 Å². The van der Waals surface area contributed by atoms with Gasteiger partial charge in [-0.2, -0.15) is 0 Å². The summed E-state index contributed by atoms with van der Waals surface area (Å²) in [5, 5.41) is 5.63. The summed E-state index contributed by atoms with van der Waals surface area (Å²) in [7, 11) is 0. The number of ether oxygens (including phenoxy) is 1. The monoisotopic (exact) mass is 370 g/mol. The van der Waals surface area contributed by atoms with Crippen LogP contribution in [0.25, 0.3) is 0 Å². The Balaban J connectivity index is 2.27. The first-order valence-corrected chi connectivity index (χ1v) is 9.46. The Morgan fingerprint density at radius 3 is 2.19 bits per heavy atom. The number of urea groups is 1. The van der Waals surface area contributed by atoms with Crippen LogP contribution >= 0.6 is 0 Å². The topological polar surface area (TPSA) is 91.0 Å². The normalized spacial score (nSPS) is 15.3. The Morgan fingerprint density at radius 2 is 1.69 bits per heavy atom. The molecule has 0 bridgehead atoms. The maximum Gasteiger partial charge on any atom is 0.407 e. The molecule has 1 aliphatic rings. The molecule has 8 heteroatoms. The number of alkyl carbamates (subject to hydrolysis) is 1. The van der Waals surface area contributed by atoms with Gasteiger partial charge >= 0.3 is 12.1 Å². The lowest BCUT2D eigenvalue weighted by atomic mass is 10.0. The highest BCUT2D eigenvalue weighted by Crippen LogP contribution is 2.12. The molecule has 0 unspecified atom stereocenters. The molecule has 0 aromatic carbocycles. The third kappa shape index (κ3) is 7.93. The first-order chi connectivity index (χ1) is 12.2. The van der Waals surface area contributed by atoms with Gasteiger partial charge in [0.15, 0.2) is 0 Å². The summed E-state index contributed by atoms with van der Waals surface area (Å²) >= 11 is 0. The van der Waals surface area contributed by atoms with Gasteiger partial charge in [-0.15, -0.1) is 0 Å². The SMILES string of the molecule is CCN(CC)C(=O)NC1CCN(C(=O)CCNC(=O)OC(C)(C)C)CC1. The van der Waals surface area contributed by atoms with Gasteiger partial charge in [0.1, 0.15) is 5.60 Å². The Morgan fingerprint density at radius 1 is 1.12 bits per heavy atom. The number of carbonyl (C=O) groups is 3. The van der Waals surface area contributed by atoms with Gasteiger partial charge in [0, 0.05) is 45.2 Å². The average molecular weight is 370 g/mol. The maximum absolute atomic E-state index is 12.2. The molecule has 0 aliphatic carbocycles. The summed E-state index contributed by atoms with van der Waals surface area (Å²) in [5.74, 6) is 0.00887. The predicted molar refractivity (Wildman–Crippen MR) is 99.9 cm³/mol. The molecule has 26 heavy (non-hydrogen) atoms. The Kier molecular flexibility index (Phi) is 8.68. The molecule has 0 atom stereocenters. The van der Waals surface area contributed by atoms with E-state index in [-0.39, 0.29) is 30.9 Å². The number of carbonyl (C=O) groups excluding carboxylic acids is 3. The number of rotatable bonds is 6. The highest BCUT2D eigenvalue weighted by molar-refractivity contribution is 5.77. The highest BCUT2D eigenvalue weighted by atomic mass is 16.6. The van der Waals surface area contributed by atoms with Crippen molar-refractivity contribution in [3.05, 3.63) is 0 Å². The standard InChI is InChI=1S/C18H34N4O4/c1-6-21(7-2)16(24)20-14-9-12-22(13-10-14)15(23)8-11-19-17(25)26-18(3,4)5/h14H,6-13H2,1-5H3,(H,19,25)(H,20,24). The van der Waals surface area contributed by atoms with Crippen molar-refractivity contribution in [3.63, 3.8) is 0 Å². The van der Waals surface area contributed by atoms with Gasteiger partial charge in [0.05, 0.1) is 0 Å². The van der Waals surface area contributed by atoms with Crippen LogP contribution in [-0.2, 0) is 9.53 Å². The van der Waals surface area contributed by atoms with Crippen LogP contribution in [0.15, 0.2) is 0 Å². The number of likely N-dealkylation sites (tertiary alicyclic amines) is 1. The van der Waals surface area contributed by atoms with Crippen molar-refractivity contribution in [2.45, 2.75) is 65.5 Å². The second-order valence-corrected chi connectivity index (χ2v) is 7.46. The second kappa shape index (κ2) is 10.2. The molecular weight excluding hydrogens is 336 g/mol. The fourth-order valence-electron chi connectivity index (χ4n) is 2.79. The Bertz CT molecular complexity index is 478. The van der Waals surface area contributed by atoms with Crippen LogP contribution in [-0.4, -0.2) is 72.2 Å². The van der Waals surface area contributed by atoms with E-state index in [9.17, 15) is 14.4 Å². The molecule has 0 saturated carbocycles. The third-order valence-electron chi connectivity index (χ3n) is 4.23. The largest absolute Gasteiger partial charge is 0.444 e. The number of hydrogen-bond acceptors (Lipinski definition) is 4. The minimum Gasteiger partial charge on any atom is -0.444 e. The lowest BCUT2D eigenvalue weighted by Gasteiger charge is -2.33. The van der Waals surface area contributed by atoms with Crippen LogP contribution < -0.4 is 10.6 Å². The molecule has 0 aromatic rings. The molecule has 1 fully saturated rings. The van der Waals surface area contributed by atoms with E-state index in [1.807, 2.05) is 13.8 Å². The Hall–Kier alpha value is -1.99. The maximum atomic E-state index is 12.2. The van der Waals surface area contributed by atoms with Crippen molar-refractivity contribution >= 4 is 18.0 Å². The summed E-state index contributed by atoms with van der Waals surface area (Å²) in [5.41, 5.74) is -0.550. The van der Waals surface area contributed by atoms with Crippen LogP contribution in [0.2, 0.25) is 0 Å². The molecule has 150 valence electrons. The van der Waals surface area contributed by atoms with Crippen molar-refractivity contribution in [1.82, 2.24) is 20.4 Å². The van der Waals surface area contributed by atoms with Crippen molar-refractivity contribution < 1.29 is 19.1 Å². The van der Waals surface area contributed by atoms with Crippen LogP contribution in [0.4, 0.5) is 9.59 Å². The van der Waals surface area contributed by atoms with Crippen molar-refractivity contribution in [2.75, 3.05) is 32.7 Å². The Labute approximate surface area is 156 Å². The molecule has 1 aliphatic heterocycles. The van der Waals surface area contributed by atoms with Gasteiger partial charge in [0.25, 0.3) is 0 Å². The van der Waals surface area contributed by atoms with E-state index in [0.29, 0.717) is 26.2 Å². The number of amides is 4. The molecule has 8 nitrogen and oxygen atoms in total. The molecule has 1 heterocycles. The van der Waals surface area contributed by atoms with Gasteiger partial charge in [0.2, 0.25) is 5.91 Å². The lowest BCUT2D eigenvalue weighted by molar-refractivity contribution is -0.132. The fourth-order valence-corrected chi connectivity index (χ4v) is 2.79. The summed E-state index contributed by atoms with van der Waals surface area (Å²) in [6.07, 6.45) is 1.23. The van der Waals surface area contributed by atoms with Crippen molar-refractivity contribution in [1.29, 1.82) is 0 Å². The van der Waals surface area contributed by atoms with Gasteiger partial charge < -0.3 is 25.2 Å². The van der Waals surface area contributed by atoms with E-state index in [4.69, 9.17) is 4.74 Å². The summed E-state index contributed by atoms with van der Waals surface area (Å²) in [6.45, 7) is 12.2. The van der Waals surface area contributed by atoms with Crippen LogP contribution in [0.1, 0.15) is 53.9 Å². The summed E-state index contributed by atoms with van der Waals surface area (Å²) < 4.78 is 5.13. The zero-order valence-electron chi connectivity index (χ0n) is 16.8. The summed E-state index contributed by atoms with van der Waals surface area (Å²) in [4.78, 5) is 39.4. The molecule has 1 saturated heterocycles. The molecule has 0 radical (unpaired) electrons. The predicted octanol–water partition coefficient (Wildman–Crippen LogP) is 1.94. The average Bonchev–Trinajstić information content (AvgIpc) is 2.54. The smallest absolute Gasteiger partial charge is 0.407 e. The van der Waals surface area contributed by atoms with Crippen LogP contribution in [0.3, 0.4) is 0 Å². The minimum absolute atomic E-state index is 0.00887. The highest BCUT2D eigenvalue weighted by Gasteiger charge is 2.25. The number of nitrogens with zero attached hydrogens (tertiary/aromatic N) is 2. The quantitative estimate of drug-likeness (QED) is 0.747. The lowest BCUT2D eigenvalue weighted by Crippen LogP contribution is -2.50. The van der Waals surface area contributed by atoms with E-state index >= 15 is 0 Å². The number of hydrogen-bond donors (Lipinski definition) is 2. The van der Waals surface area contributed by atoms with Crippen LogP contribution in [0.5, 0.6) is 0 Å². The number of piperidine rings is 1. The second-order valence-electron chi connectivity index (χ2n) is 7.46. The summed E-state index contributed by atoms with van der Waals surface area (Å²) in [6, 6.07) is 0.0633. The molecule has 0 aromatic heterocycles. The molecule has 2 N–H and O–H groups in total. The van der Waals surface area contributed by atoms with Crippen LogP contribution in [0, 0.1) is 0 Å². The minimum atomic E-state index is -0.550. The van der Waals surface area contributed by atoms with Crippen molar-refractivity contribution in [2.24, 2.45) is 0 Å². The first-order valence-electron chi connectivity index (χ1n) is 9.46. The van der Waals surface area contributed by atoms with E-state index < -0.39 is 11.7 Å². The number of nitrogens with one attached hydrogen (secondary N) is 2. The molecule has 1 rings (SSSR count). The third-order valence-corrected chi connectivity index (χ3v) is 4.23. The van der Waals surface area contributed by atoms with Gasteiger partial charge in [-0.1, -0.05) is 0 Å².